The minimum atomic E-state index is -0.776. The molecule has 2 heterocycles. The predicted molar refractivity (Wildman–Crippen MR) is 116 cm³/mol. The number of pyridine rings is 1. The first kappa shape index (κ1) is 21.9. The molecule has 2 aromatic heterocycles. The van der Waals surface area contributed by atoms with Gasteiger partial charge in [0.05, 0.1) is 0 Å². The molecule has 3 aromatic rings. The average molecular weight is 504 g/mol. The van der Waals surface area contributed by atoms with Crippen LogP contribution in [0.4, 0.5) is 19.5 Å². The number of halogens is 2. The van der Waals surface area contributed by atoms with E-state index in [0.29, 0.717) is 12.1 Å². The van der Waals surface area contributed by atoms with Crippen LogP contribution in [0.5, 0.6) is 0 Å². The first-order valence-electron chi connectivity index (χ1n) is 9.67. The van der Waals surface area contributed by atoms with Crippen molar-refractivity contribution >= 4 is 44.8 Å². The fraction of sp³-hybridized carbons (Fsp3) is 0.286. The number of carbonyl (C=O) groups is 1. The van der Waals surface area contributed by atoms with E-state index in [1.807, 2.05) is 6.07 Å². The van der Waals surface area contributed by atoms with E-state index < -0.39 is 17.5 Å². The van der Waals surface area contributed by atoms with Crippen LogP contribution < -0.4 is 11.1 Å². The Bertz CT molecular complexity index is 1110. The zero-order valence-corrected chi connectivity index (χ0v) is 18.9. The normalized spacial score (nSPS) is 21.1. The average Bonchev–Trinajstić information content (AvgIpc) is 3.11. The number of carbonyl (C=O) groups excluding carboxylic acids is 1. The molecule has 0 saturated heterocycles. The Morgan fingerprint density at radius 1 is 1.26 bits per heavy atom. The van der Waals surface area contributed by atoms with E-state index in [2.05, 4.69) is 32.1 Å². The number of nitrogens with two attached hydrogens (primary N) is 1. The molecule has 1 aromatic carbocycles. The van der Waals surface area contributed by atoms with Crippen molar-refractivity contribution in [1.29, 1.82) is 0 Å². The van der Waals surface area contributed by atoms with Crippen molar-refractivity contribution in [2.45, 2.75) is 36.0 Å². The van der Waals surface area contributed by atoms with Gasteiger partial charge in [-0.1, -0.05) is 6.07 Å². The second kappa shape index (κ2) is 9.02. The summed E-state index contributed by atoms with van der Waals surface area (Å²) in [5, 5.41) is 12.9. The van der Waals surface area contributed by atoms with E-state index >= 15 is 0 Å². The molecule has 4 N–H and O–H groups in total. The van der Waals surface area contributed by atoms with Crippen LogP contribution in [0, 0.1) is 11.6 Å². The van der Waals surface area contributed by atoms with E-state index in [9.17, 15) is 18.7 Å². The molecule has 160 valence electrons. The van der Waals surface area contributed by atoms with Gasteiger partial charge in [0.1, 0.15) is 0 Å². The first-order valence-corrected chi connectivity index (χ1v) is 11.6. The van der Waals surface area contributed by atoms with Crippen molar-refractivity contribution in [1.82, 2.24) is 9.97 Å². The third-order valence-corrected chi connectivity index (χ3v) is 7.44. The Kier molecular flexibility index (Phi) is 6.36. The SMILES string of the molecule is Nc1sc(-c2c(F)cccc2F)nc1C(=O)Nc1cnccc1C1CCC(O)C([As])C1. The van der Waals surface area contributed by atoms with Crippen molar-refractivity contribution in [3.05, 3.63) is 59.6 Å². The van der Waals surface area contributed by atoms with Gasteiger partial charge in [0.2, 0.25) is 0 Å². The third-order valence-electron chi connectivity index (χ3n) is 5.37. The number of hydrogen-bond acceptors (Lipinski definition) is 6. The molecule has 1 aliphatic carbocycles. The molecule has 10 heteroatoms. The number of aromatic nitrogens is 2. The molecule has 3 atom stereocenters. The Balaban J connectivity index is 1.60. The minimum absolute atomic E-state index is 0.00229. The van der Waals surface area contributed by atoms with E-state index in [1.165, 1.54) is 6.07 Å². The molecule has 1 saturated carbocycles. The maximum atomic E-state index is 14.1. The second-order valence-electron chi connectivity index (χ2n) is 7.39. The van der Waals surface area contributed by atoms with Crippen LogP contribution >= 0.6 is 11.3 Å². The first-order chi connectivity index (χ1) is 14.8. The van der Waals surface area contributed by atoms with Gasteiger partial charge < -0.3 is 0 Å². The number of thiazole rings is 1. The second-order valence-corrected chi connectivity index (χ2v) is 9.81. The van der Waals surface area contributed by atoms with Gasteiger partial charge in [0, 0.05) is 0 Å². The predicted octanol–water partition coefficient (Wildman–Crippen LogP) is 3.90. The Hall–Kier alpha value is -2.35. The molecule has 31 heavy (non-hydrogen) atoms. The Morgan fingerprint density at radius 3 is 2.71 bits per heavy atom. The van der Waals surface area contributed by atoms with E-state index in [0.717, 1.165) is 41.9 Å². The van der Waals surface area contributed by atoms with Gasteiger partial charge in [-0.2, -0.15) is 0 Å². The molecule has 0 aliphatic heterocycles. The van der Waals surface area contributed by atoms with Gasteiger partial charge in [-0.15, -0.1) is 0 Å². The van der Waals surface area contributed by atoms with E-state index in [-0.39, 0.29) is 38.0 Å². The number of nitrogens with one attached hydrogen (secondary N) is 1. The summed E-state index contributed by atoms with van der Waals surface area (Å²) in [6.07, 6.45) is 5.10. The van der Waals surface area contributed by atoms with Gasteiger partial charge in [-0.25, -0.2) is 8.78 Å². The number of aliphatic hydroxyl groups is 1. The molecule has 2 radical (unpaired) electrons. The zero-order chi connectivity index (χ0) is 22.1. The van der Waals surface area contributed by atoms with Crippen molar-refractivity contribution in [3.63, 3.8) is 0 Å². The summed E-state index contributed by atoms with van der Waals surface area (Å²) in [7, 11) is 0. The monoisotopic (exact) mass is 504 g/mol. The molecule has 0 spiro atoms. The van der Waals surface area contributed by atoms with Gasteiger partial charge in [0.25, 0.3) is 0 Å². The van der Waals surface area contributed by atoms with Crippen LogP contribution in [-0.2, 0) is 0 Å². The number of nitrogen functional groups attached to an aromatic ring is 1. The number of amides is 1. The molecule has 3 unspecified atom stereocenters. The van der Waals surface area contributed by atoms with Crippen molar-refractivity contribution in [2.24, 2.45) is 0 Å². The van der Waals surface area contributed by atoms with Crippen molar-refractivity contribution in [3.8, 4) is 10.6 Å². The number of nitrogens with zero attached hydrogens (tertiary/aromatic N) is 2. The third kappa shape index (κ3) is 4.49. The molecule has 1 amide bonds. The van der Waals surface area contributed by atoms with Crippen LogP contribution in [0.3, 0.4) is 0 Å². The molecule has 1 fully saturated rings. The summed E-state index contributed by atoms with van der Waals surface area (Å²) in [6.45, 7) is 0. The molecule has 1 aliphatic rings. The number of anilines is 2. The summed E-state index contributed by atoms with van der Waals surface area (Å²) in [6, 6.07) is 5.35. The summed E-state index contributed by atoms with van der Waals surface area (Å²) in [5.74, 6) is -1.97. The van der Waals surface area contributed by atoms with Crippen LogP contribution in [0.1, 0.15) is 41.2 Å². The Labute approximate surface area is 190 Å². The van der Waals surface area contributed by atoms with Crippen LogP contribution in [0.25, 0.3) is 10.6 Å². The summed E-state index contributed by atoms with van der Waals surface area (Å²) >= 11 is 3.36. The zero-order valence-electron chi connectivity index (χ0n) is 16.3. The van der Waals surface area contributed by atoms with E-state index in [1.54, 1.807) is 12.4 Å². The van der Waals surface area contributed by atoms with Crippen molar-refractivity contribution < 1.29 is 18.7 Å². The molecule has 0 bridgehead atoms. The summed E-state index contributed by atoms with van der Waals surface area (Å²) in [5.41, 5.74) is 6.99. The van der Waals surface area contributed by atoms with Crippen LogP contribution in [0.2, 0.25) is 4.71 Å². The standard InChI is InChI=1S/C21H19AsF2N4O2S/c22-12-8-10(4-5-16(12)29)11-6-7-26-9-15(11)27-20(30)18-19(25)31-21(28-18)17-13(23)2-1-3-14(17)24/h1-3,6-7,9-10,12,16,29H,4-5,8,25H2,(H,27,30). The molecule has 6 nitrogen and oxygen atoms in total. The Morgan fingerprint density at radius 2 is 2.00 bits per heavy atom. The molecule has 4 rings (SSSR count). The van der Waals surface area contributed by atoms with E-state index in [4.69, 9.17) is 5.73 Å². The van der Waals surface area contributed by atoms with Gasteiger partial charge >= 0.3 is 164 Å². The fourth-order valence-corrected chi connectivity index (χ4v) is 5.49. The summed E-state index contributed by atoms with van der Waals surface area (Å²) < 4.78 is 28.3. The van der Waals surface area contributed by atoms with Gasteiger partial charge in [-0.3, -0.25) is 0 Å². The molecular weight excluding hydrogens is 485 g/mol. The van der Waals surface area contributed by atoms with Gasteiger partial charge in [-0.05, 0) is 12.1 Å². The molecular formula is C21H19AsF2N4O2S. The number of aliphatic hydroxyl groups excluding tert-OH is 1. The van der Waals surface area contributed by atoms with Crippen molar-refractivity contribution in [2.75, 3.05) is 11.1 Å². The quantitative estimate of drug-likeness (QED) is 0.468. The number of hydrogen-bond donors (Lipinski definition) is 3. The van der Waals surface area contributed by atoms with Crippen LogP contribution in [-0.4, -0.2) is 43.9 Å². The van der Waals surface area contributed by atoms with Crippen LogP contribution in [0.15, 0.2) is 36.7 Å². The summed E-state index contributed by atoms with van der Waals surface area (Å²) in [4.78, 5) is 21.1. The number of rotatable bonds is 4. The topological polar surface area (TPSA) is 101 Å². The maximum absolute atomic E-state index is 14.1. The fourth-order valence-electron chi connectivity index (χ4n) is 3.76. The van der Waals surface area contributed by atoms with Gasteiger partial charge in [0.15, 0.2) is 0 Å². The number of benzene rings is 1.